The van der Waals surface area contributed by atoms with Gasteiger partial charge in [-0.25, -0.2) is 8.42 Å². The van der Waals surface area contributed by atoms with Crippen LogP contribution in [0.2, 0.25) is 0 Å². The number of hydrogen-bond acceptors (Lipinski definition) is 4. The normalized spacial score (nSPS) is 13.1. The molecule has 0 unspecified atom stereocenters. The quantitative estimate of drug-likeness (QED) is 0.663. The molecule has 0 saturated carbocycles. The van der Waals surface area contributed by atoms with Crippen molar-refractivity contribution in [3.63, 3.8) is 0 Å². The monoisotopic (exact) mass is 419 g/mol. The second-order valence-electron chi connectivity index (χ2n) is 6.38. The number of hydrogen-bond donors (Lipinski definition) is 1. The van der Waals surface area contributed by atoms with E-state index in [1.54, 1.807) is 6.07 Å². The number of carbonyl (C=O) groups excluding carboxylic acids is 1. The first-order chi connectivity index (χ1) is 13.4. The molecule has 8 heteroatoms. The molecule has 0 spiro atoms. The lowest BCUT2D eigenvalue weighted by Crippen LogP contribution is -2.17. The van der Waals surface area contributed by atoms with Crippen LogP contribution >= 0.6 is 11.3 Å². The van der Waals surface area contributed by atoms with Crippen LogP contribution in [0.5, 0.6) is 0 Å². The smallest absolute Gasteiger partial charge is 0.320 e. The molecule has 0 radical (unpaired) electrons. The lowest BCUT2D eigenvalue weighted by molar-refractivity contribution is 0.103. The van der Waals surface area contributed by atoms with Gasteiger partial charge in [0.05, 0.1) is 15.5 Å². The van der Waals surface area contributed by atoms with Gasteiger partial charge in [-0.05, 0) is 47.7 Å². The summed E-state index contributed by atoms with van der Waals surface area (Å²) in [6.45, 7) is 0. The molecule has 1 N–H and O–H groups in total. The number of rotatable bonds is 4. The summed E-state index contributed by atoms with van der Waals surface area (Å²) in [5.74, 6) is -4.08. The molecule has 0 bridgehead atoms. The maximum atomic E-state index is 12.9. The molecular formula is C20H15F2NO3S2. The Balaban J connectivity index is 1.67. The highest BCUT2D eigenvalue weighted by Gasteiger charge is 2.30. The number of nitrogens with one attached hydrogen (secondary N) is 1. The number of amides is 1. The van der Waals surface area contributed by atoms with Crippen LogP contribution in [0.4, 0.5) is 14.5 Å². The van der Waals surface area contributed by atoms with Crippen LogP contribution in [0.1, 0.15) is 20.8 Å². The van der Waals surface area contributed by atoms with Crippen LogP contribution in [-0.4, -0.2) is 20.1 Å². The average Bonchev–Trinajstić information content (AvgIpc) is 3.13. The number of fused-ring (bicyclic) bond motifs is 3. The molecule has 1 aromatic heterocycles. The molecule has 1 aliphatic rings. The second-order valence-corrected chi connectivity index (χ2v) is 9.32. The van der Waals surface area contributed by atoms with Crippen molar-refractivity contribution in [3.8, 4) is 10.4 Å². The first kappa shape index (κ1) is 18.8. The zero-order chi connectivity index (χ0) is 19.9. The van der Waals surface area contributed by atoms with Gasteiger partial charge in [-0.15, -0.1) is 11.3 Å². The van der Waals surface area contributed by atoms with Crippen molar-refractivity contribution in [2.45, 2.75) is 23.5 Å². The summed E-state index contributed by atoms with van der Waals surface area (Å²) < 4.78 is 49.6. The summed E-state index contributed by atoms with van der Waals surface area (Å²) >= 11 is 1.32. The number of carbonyl (C=O) groups is 1. The summed E-state index contributed by atoms with van der Waals surface area (Å²) in [4.78, 5) is 13.5. The Kier molecular flexibility index (Phi) is 4.76. The highest BCUT2D eigenvalue weighted by Crippen LogP contribution is 2.39. The van der Waals surface area contributed by atoms with E-state index >= 15 is 0 Å². The van der Waals surface area contributed by atoms with Gasteiger partial charge in [-0.1, -0.05) is 36.4 Å². The maximum Gasteiger partial charge on any atom is 0.341 e. The molecule has 4 nitrogen and oxygen atoms in total. The zero-order valence-electron chi connectivity index (χ0n) is 14.5. The van der Waals surface area contributed by atoms with E-state index in [0.29, 0.717) is 4.88 Å². The van der Waals surface area contributed by atoms with Gasteiger partial charge >= 0.3 is 5.76 Å². The highest BCUT2D eigenvalue weighted by atomic mass is 32.2. The largest absolute Gasteiger partial charge is 0.341 e. The van der Waals surface area contributed by atoms with E-state index in [2.05, 4.69) is 11.4 Å². The lowest BCUT2D eigenvalue weighted by atomic mass is 9.91. The van der Waals surface area contributed by atoms with Crippen LogP contribution in [0.3, 0.4) is 0 Å². The second kappa shape index (κ2) is 7.10. The number of anilines is 1. The Morgan fingerprint density at radius 3 is 2.46 bits per heavy atom. The first-order valence-electron chi connectivity index (χ1n) is 8.51. The molecule has 0 saturated heterocycles. The molecular weight excluding hydrogens is 404 g/mol. The van der Waals surface area contributed by atoms with Gasteiger partial charge in [-0.2, -0.15) is 8.78 Å². The molecule has 3 aromatic rings. The minimum absolute atomic E-state index is 0.153. The van der Waals surface area contributed by atoms with E-state index in [0.717, 1.165) is 34.9 Å². The van der Waals surface area contributed by atoms with Gasteiger partial charge in [0.15, 0.2) is 0 Å². The van der Waals surface area contributed by atoms with Crippen LogP contribution in [0.15, 0.2) is 59.5 Å². The maximum absolute atomic E-state index is 12.9. The topological polar surface area (TPSA) is 63.2 Å². The summed E-state index contributed by atoms with van der Waals surface area (Å²) in [6.07, 6.45) is 1.70. The van der Waals surface area contributed by atoms with Crippen LogP contribution in [0.25, 0.3) is 10.4 Å². The van der Waals surface area contributed by atoms with Crippen molar-refractivity contribution < 1.29 is 22.0 Å². The van der Waals surface area contributed by atoms with E-state index in [1.807, 2.05) is 18.2 Å². The number of sulfone groups is 1. The van der Waals surface area contributed by atoms with Gasteiger partial charge < -0.3 is 5.32 Å². The molecule has 1 amide bonds. The fourth-order valence-electron chi connectivity index (χ4n) is 3.28. The summed E-state index contributed by atoms with van der Waals surface area (Å²) in [5, 5.41) is 2.48. The Hall–Kier alpha value is -2.58. The Morgan fingerprint density at radius 2 is 1.68 bits per heavy atom. The minimum atomic E-state index is -4.82. The number of alkyl halides is 2. The van der Waals surface area contributed by atoms with Gasteiger partial charge in [0.25, 0.3) is 5.91 Å². The van der Waals surface area contributed by atoms with Gasteiger partial charge in [0.1, 0.15) is 0 Å². The number of thiophene rings is 1. The third kappa shape index (κ3) is 3.22. The molecule has 28 heavy (non-hydrogen) atoms. The Labute approximate surface area is 164 Å². The highest BCUT2D eigenvalue weighted by molar-refractivity contribution is 7.91. The summed E-state index contributed by atoms with van der Waals surface area (Å²) in [5.41, 5.74) is 3.22. The van der Waals surface area contributed by atoms with Crippen molar-refractivity contribution in [1.82, 2.24) is 0 Å². The molecule has 144 valence electrons. The lowest BCUT2D eigenvalue weighted by Gasteiger charge is -2.15. The summed E-state index contributed by atoms with van der Waals surface area (Å²) in [7, 11) is -4.82. The third-order valence-corrected chi connectivity index (χ3v) is 7.28. The van der Waals surface area contributed by atoms with E-state index in [4.69, 9.17) is 0 Å². The number of benzene rings is 2. The van der Waals surface area contributed by atoms with Crippen LogP contribution in [-0.2, 0) is 22.7 Å². The van der Waals surface area contributed by atoms with Crippen molar-refractivity contribution in [2.75, 3.05) is 5.32 Å². The predicted octanol–water partition coefficient (Wildman–Crippen LogP) is 4.76. The molecule has 1 heterocycles. The fraction of sp³-hybridized carbons (Fsp3) is 0.150. The van der Waals surface area contributed by atoms with Crippen LogP contribution < -0.4 is 5.32 Å². The van der Waals surface area contributed by atoms with Gasteiger partial charge in [-0.3, -0.25) is 4.79 Å². The van der Waals surface area contributed by atoms with E-state index in [9.17, 15) is 22.0 Å². The van der Waals surface area contributed by atoms with Crippen molar-refractivity contribution in [1.29, 1.82) is 0 Å². The fourth-order valence-corrected chi connectivity index (χ4v) is 5.33. The van der Waals surface area contributed by atoms with E-state index < -0.39 is 26.4 Å². The summed E-state index contributed by atoms with van der Waals surface area (Å²) in [6, 6.07) is 15.0. The SMILES string of the molecule is O=C(Nc1ccccc1S(=O)(=O)C(F)F)c1cc2c(s1)-c1ccccc1CC2. The molecule has 0 fully saturated rings. The zero-order valence-corrected chi connectivity index (χ0v) is 16.1. The first-order valence-corrected chi connectivity index (χ1v) is 10.9. The standard InChI is InChI=1S/C20H15F2NO3S2/c21-20(22)28(25,26)17-8-4-3-7-15(17)23-19(24)16-11-13-10-9-12-5-1-2-6-14(12)18(13)27-16/h1-8,11,20H,9-10H2,(H,23,24). The minimum Gasteiger partial charge on any atom is -0.320 e. The van der Waals surface area contributed by atoms with Crippen molar-refractivity contribution >= 4 is 32.8 Å². The molecule has 0 aliphatic heterocycles. The molecule has 2 aromatic carbocycles. The third-order valence-electron chi connectivity index (χ3n) is 4.63. The molecule has 1 aliphatic carbocycles. The Morgan fingerprint density at radius 1 is 1.00 bits per heavy atom. The van der Waals surface area contributed by atoms with E-state index in [1.165, 1.54) is 35.1 Å². The molecule has 0 atom stereocenters. The predicted molar refractivity (Wildman–Crippen MR) is 105 cm³/mol. The number of aryl methyl sites for hydroxylation is 2. The van der Waals surface area contributed by atoms with Gasteiger partial charge in [0.2, 0.25) is 9.84 Å². The van der Waals surface area contributed by atoms with E-state index in [-0.39, 0.29) is 5.69 Å². The van der Waals surface area contributed by atoms with Crippen LogP contribution in [0, 0.1) is 0 Å². The Bertz CT molecular complexity index is 1170. The molecule has 4 rings (SSSR count). The van der Waals surface area contributed by atoms with Crippen molar-refractivity contribution in [3.05, 3.63) is 70.6 Å². The average molecular weight is 419 g/mol. The van der Waals surface area contributed by atoms with Gasteiger partial charge in [0, 0.05) is 4.88 Å². The number of para-hydroxylation sites is 1. The number of halogens is 2. The van der Waals surface area contributed by atoms with Crippen molar-refractivity contribution in [2.24, 2.45) is 0 Å².